The van der Waals surface area contributed by atoms with Gasteiger partial charge in [-0.1, -0.05) is 51.8 Å². The molecule has 20 heavy (non-hydrogen) atoms. The first-order chi connectivity index (χ1) is 9.55. The summed E-state index contributed by atoms with van der Waals surface area (Å²) >= 11 is 0. The molecule has 1 unspecified atom stereocenters. The zero-order chi connectivity index (χ0) is 14.2. The van der Waals surface area contributed by atoms with Crippen LogP contribution in [-0.4, -0.2) is 18.6 Å². The van der Waals surface area contributed by atoms with Gasteiger partial charge >= 0.3 is 0 Å². The molecule has 2 nitrogen and oxygen atoms in total. The van der Waals surface area contributed by atoms with Gasteiger partial charge in [-0.25, -0.2) is 0 Å². The van der Waals surface area contributed by atoms with Gasteiger partial charge in [-0.2, -0.15) is 0 Å². The molecule has 1 aromatic carbocycles. The summed E-state index contributed by atoms with van der Waals surface area (Å²) in [5, 5.41) is 3.79. The van der Waals surface area contributed by atoms with Crippen LogP contribution in [0.5, 0.6) is 0 Å². The fourth-order valence-electron chi connectivity index (χ4n) is 3.68. The molecule has 1 saturated carbocycles. The largest absolute Gasteiger partial charge is 0.367 e. The van der Waals surface area contributed by atoms with Gasteiger partial charge in [-0.05, 0) is 29.9 Å². The Kier molecular flexibility index (Phi) is 3.76. The van der Waals surface area contributed by atoms with Gasteiger partial charge in [0.1, 0.15) is 0 Å². The van der Waals surface area contributed by atoms with E-state index in [9.17, 15) is 0 Å². The number of hydrogen-bond acceptors (Lipinski definition) is 2. The first kappa shape index (κ1) is 13.9. The minimum Gasteiger partial charge on any atom is -0.367 e. The van der Waals surface area contributed by atoms with Gasteiger partial charge in [0.2, 0.25) is 0 Å². The molecule has 1 aliphatic heterocycles. The van der Waals surface area contributed by atoms with Crippen LogP contribution < -0.4 is 10.2 Å². The summed E-state index contributed by atoms with van der Waals surface area (Å²) in [7, 11) is 0. The zero-order valence-corrected chi connectivity index (χ0v) is 13.2. The maximum atomic E-state index is 3.79. The van der Waals surface area contributed by atoms with Crippen molar-refractivity contribution in [2.24, 2.45) is 5.41 Å². The van der Waals surface area contributed by atoms with E-state index in [2.05, 4.69) is 55.3 Å². The topological polar surface area (TPSA) is 15.3 Å². The van der Waals surface area contributed by atoms with E-state index in [1.807, 2.05) is 0 Å². The molecule has 0 amide bonds. The summed E-state index contributed by atoms with van der Waals surface area (Å²) in [4.78, 5) is 2.71. The number of benzene rings is 1. The molecule has 1 atom stereocenters. The lowest BCUT2D eigenvalue weighted by atomic mass is 9.86. The minimum absolute atomic E-state index is 0.304. The Balaban J connectivity index is 1.93. The number of nitrogens with zero attached hydrogens (tertiary/aromatic N) is 1. The number of rotatable bonds is 1. The predicted octanol–water partition coefficient (Wildman–Crippen LogP) is 3.95. The molecule has 0 bridgehead atoms. The second kappa shape index (κ2) is 5.40. The molecule has 1 aromatic rings. The van der Waals surface area contributed by atoms with Crippen LogP contribution in [-0.2, 0) is 6.54 Å². The lowest BCUT2D eigenvalue weighted by Crippen LogP contribution is -2.48. The van der Waals surface area contributed by atoms with Crippen molar-refractivity contribution < 1.29 is 0 Å². The lowest BCUT2D eigenvalue weighted by molar-refractivity contribution is 0.268. The Bertz CT molecular complexity index is 455. The zero-order valence-electron chi connectivity index (χ0n) is 13.2. The van der Waals surface area contributed by atoms with Gasteiger partial charge in [-0.15, -0.1) is 0 Å². The van der Waals surface area contributed by atoms with E-state index >= 15 is 0 Å². The van der Waals surface area contributed by atoms with Crippen molar-refractivity contribution in [2.75, 3.05) is 11.4 Å². The van der Waals surface area contributed by atoms with Crippen molar-refractivity contribution in [3.05, 3.63) is 29.8 Å². The van der Waals surface area contributed by atoms with Crippen molar-refractivity contribution >= 4 is 5.69 Å². The second-order valence-electron chi connectivity index (χ2n) is 7.52. The third kappa shape index (κ3) is 2.71. The molecule has 2 aliphatic rings. The highest BCUT2D eigenvalue weighted by Crippen LogP contribution is 2.34. The Morgan fingerprint density at radius 3 is 2.50 bits per heavy atom. The van der Waals surface area contributed by atoms with Crippen molar-refractivity contribution in [3.63, 3.8) is 0 Å². The van der Waals surface area contributed by atoms with Crippen LogP contribution in [0.1, 0.15) is 52.0 Å². The molecule has 2 heteroatoms. The first-order valence-corrected chi connectivity index (χ1v) is 8.13. The van der Waals surface area contributed by atoms with Crippen molar-refractivity contribution in [1.82, 2.24) is 5.32 Å². The maximum Gasteiger partial charge on any atom is 0.0414 e. The predicted molar refractivity (Wildman–Crippen MR) is 86.1 cm³/mol. The smallest absolute Gasteiger partial charge is 0.0414 e. The van der Waals surface area contributed by atoms with E-state index in [1.54, 1.807) is 0 Å². The molecule has 0 spiro atoms. The van der Waals surface area contributed by atoms with Crippen LogP contribution in [0.2, 0.25) is 0 Å². The van der Waals surface area contributed by atoms with Gasteiger partial charge in [-0.3, -0.25) is 0 Å². The molecule has 0 radical (unpaired) electrons. The molecule has 1 heterocycles. The van der Waals surface area contributed by atoms with Gasteiger partial charge in [0, 0.05) is 30.9 Å². The van der Waals surface area contributed by atoms with Crippen LogP contribution in [0.25, 0.3) is 0 Å². The lowest BCUT2D eigenvalue weighted by Gasteiger charge is -2.38. The summed E-state index contributed by atoms with van der Waals surface area (Å²) in [6.07, 6.45) is 5.53. The Labute approximate surface area is 123 Å². The summed E-state index contributed by atoms with van der Waals surface area (Å²) in [5.74, 6) is 0. The average molecular weight is 272 g/mol. The standard InChI is InChI=1S/C18H28N2/c1-18(2,3)17-13-20(15-9-5-6-10-15)16-11-7-4-8-14(16)12-19-17/h4,7-8,11,15,17,19H,5-6,9-10,12-13H2,1-3H3. The number of nitrogens with one attached hydrogen (secondary N) is 1. The number of fused-ring (bicyclic) bond motifs is 1. The summed E-state index contributed by atoms with van der Waals surface area (Å²) < 4.78 is 0. The minimum atomic E-state index is 0.304. The molecule has 0 aromatic heterocycles. The Hall–Kier alpha value is -1.02. The number of anilines is 1. The van der Waals surface area contributed by atoms with E-state index in [0.29, 0.717) is 11.5 Å². The number of para-hydroxylation sites is 1. The van der Waals surface area contributed by atoms with Crippen LogP contribution in [0.15, 0.2) is 24.3 Å². The fourth-order valence-corrected chi connectivity index (χ4v) is 3.68. The van der Waals surface area contributed by atoms with E-state index in [1.165, 1.54) is 36.9 Å². The molecule has 1 aliphatic carbocycles. The summed E-state index contributed by atoms with van der Waals surface area (Å²) in [6.45, 7) is 9.21. The quantitative estimate of drug-likeness (QED) is 0.832. The monoisotopic (exact) mass is 272 g/mol. The van der Waals surface area contributed by atoms with Gasteiger partial charge in [0.25, 0.3) is 0 Å². The Morgan fingerprint density at radius 1 is 1.10 bits per heavy atom. The summed E-state index contributed by atoms with van der Waals surface area (Å²) in [5.41, 5.74) is 3.24. The third-order valence-corrected chi connectivity index (χ3v) is 5.03. The van der Waals surface area contributed by atoms with E-state index in [-0.39, 0.29) is 0 Å². The van der Waals surface area contributed by atoms with Gasteiger partial charge in [0.15, 0.2) is 0 Å². The van der Waals surface area contributed by atoms with Gasteiger partial charge < -0.3 is 10.2 Å². The number of hydrogen-bond donors (Lipinski definition) is 1. The molecule has 3 rings (SSSR count). The molecular formula is C18H28N2. The highest BCUT2D eigenvalue weighted by atomic mass is 15.2. The van der Waals surface area contributed by atoms with Crippen LogP contribution >= 0.6 is 0 Å². The SMILES string of the molecule is CC(C)(C)C1CN(C2CCCC2)c2ccccc2CN1. The normalized spacial score (nSPS) is 24.6. The van der Waals surface area contributed by atoms with Crippen LogP contribution in [0, 0.1) is 5.41 Å². The molecule has 1 fully saturated rings. The highest BCUT2D eigenvalue weighted by molar-refractivity contribution is 5.55. The molecule has 0 saturated heterocycles. The van der Waals surface area contributed by atoms with E-state index in [4.69, 9.17) is 0 Å². The van der Waals surface area contributed by atoms with Crippen LogP contribution in [0.3, 0.4) is 0 Å². The fraction of sp³-hybridized carbons (Fsp3) is 0.667. The van der Waals surface area contributed by atoms with Gasteiger partial charge in [0.05, 0.1) is 0 Å². The Morgan fingerprint density at radius 2 is 1.80 bits per heavy atom. The first-order valence-electron chi connectivity index (χ1n) is 8.13. The maximum absolute atomic E-state index is 3.79. The summed E-state index contributed by atoms with van der Waals surface area (Å²) in [6, 6.07) is 10.3. The average Bonchev–Trinajstić information content (AvgIpc) is 2.85. The van der Waals surface area contributed by atoms with Crippen molar-refractivity contribution in [1.29, 1.82) is 0 Å². The van der Waals surface area contributed by atoms with Crippen molar-refractivity contribution in [3.8, 4) is 0 Å². The molecule has 110 valence electrons. The van der Waals surface area contributed by atoms with Crippen molar-refractivity contribution in [2.45, 2.75) is 65.1 Å². The van der Waals surface area contributed by atoms with E-state index < -0.39 is 0 Å². The highest BCUT2D eigenvalue weighted by Gasteiger charge is 2.33. The second-order valence-corrected chi connectivity index (χ2v) is 7.52. The molecule has 1 N–H and O–H groups in total. The third-order valence-electron chi connectivity index (χ3n) is 5.03. The van der Waals surface area contributed by atoms with E-state index in [0.717, 1.165) is 19.1 Å². The molecular weight excluding hydrogens is 244 g/mol. The van der Waals surface area contributed by atoms with Crippen LogP contribution in [0.4, 0.5) is 5.69 Å².